The van der Waals surface area contributed by atoms with Gasteiger partial charge in [-0.05, 0) is 36.2 Å². The highest BCUT2D eigenvalue weighted by Gasteiger charge is 2.29. The van der Waals surface area contributed by atoms with Gasteiger partial charge in [-0.3, -0.25) is 4.98 Å². The van der Waals surface area contributed by atoms with Crippen molar-refractivity contribution in [2.75, 3.05) is 11.9 Å². The first-order valence-electron chi connectivity index (χ1n) is 6.56. The molecule has 2 amide bonds. The van der Waals surface area contributed by atoms with Crippen molar-refractivity contribution in [2.45, 2.75) is 12.6 Å². The van der Waals surface area contributed by atoms with Crippen LogP contribution in [0.1, 0.15) is 11.1 Å². The van der Waals surface area contributed by atoms with Crippen LogP contribution in [0.15, 0.2) is 48.8 Å². The minimum atomic E-state index is -4.33. The SMILES string of the molecule is O=C(NCCc1ccc(C(F)(F)F)cc1)Nc1cccnc1. The van der Waals surface area contributed by atoms with E-state index < -0.39 is 11.7 Å². The van der Waals surface area contributed by atoms with E-state index in [4.69, 9.17) is 0 Å². The number of benzene rings is 1. The van der Waals surface area contributed by atoms with E-state index in [1.54, 1.807) is 18.3 Å². The fourth-order valence-electron chi connectivity index (χ4n) is 1.79. The Balaban J connectivity index is 1.78. The third-order valence-electron chi connectivity index (χ3n) is 2.90. The zero-order chi connectivity index (χ0) is 16.0. The summed E-state index contributed by atoms with van der Waals surface area (Å²) >= 11 is 0. The minimum absolute atomic E-state index is 0.317. The summed E-state index contributed by atoms with van der Waals surface area (Å²) in [4.78, 5) is 15.4. The van der Waals surface area contributed by atoms with Gasteiger partial charge in [0.15, 0.2) is 0 Å². The molecule has 7 heteroatoms. The highest BCUT2D eigenvalue weighted by Crippen LogP contribution is 2.29. The van der Waals surface area contributed by atoms with Crippen LogP contribution in [0.2, 0.25) is 0 Å². The maximum Gasteiger partial charge on any atom is 0.416 e. The number of urea groups is 1. The van der Waals surface area contributed by atoms with E-state index in [0.717, 1.165) is 17.7 Å². The Labute approximate surface area is 125 Å². The number of nitrogens with one attached hydrogen (secondary N) is 2. The van der Waals surface area contributed by atoms with Gasteiger partial charge in [-0.2, -0.15) is 13.2 Å². The summed E-state index contributed by atoms with van der Waals surface area (Å²) in [6.07, 6.45) is -0.790. The molecule has 1 aromatic heterocycles. The van der Waals surface area contributed by atoms with Crippen molar-refractivity contribution in [3.05, 3.63) is 59.9 Å². The van der Waals surface area contributed by atoms with Gasteiger partial charge in [-0.1, -0.05) is 12.1 Å². The van der Waals surface area contributed by atoms with Crippen molar-refractivity contribution in [3.63, 3.8) is 0 Å². The molecule has 2 aromatic rings. The van der Waals surface area contributed by atoms with Gasteiger partial charge in [0.2, 0.25) is 0 Å². The fraction of sp³-hybridized carbons (Fsp3) is 0.200. The lowest BCUT2D eigenvalue weighted by atomic mass is 10.1. The summed E-state index contributed by atoms with van der Waals surface area (Å²) in [6, 6.07) is 7.88. The van der Waals surface area contributed by atoms with Gasteiger partial charge < -0.3 is 10.6 Å². The average Bonchev–Trinajstić information content (AvgIpc) is 2.48. The van der Waals surface area contributed by atoms with Gasteiger partial charge in [0.05, 0.1) is 17.4 Å². The number of carbonyl (C=O) groups excluding carboxylic acids is 1. The number of alkyl halides is 3. The maximum atomic E-state index is 12.4. The molecule has 0 spiro atoms. The summed E-state index contributed by atoms with van der Waals surface area (Å²) in [7, 11) is 0. The summed E-state index contributed by atoms with van der Waals surface area (Å²) < 4.78 is 37.2. The lowest BCUT2D eigenvalue weighted by Crippen LogP contribution is -2.30. The largest absolute Gasteiger partial charge is 0.416 e. The summed E-state index contributed by atoms with van der Waals surface area (Å²) in [6.45, 7) is 0.317. The standard InChI is InChI=1S/C15H14F3N3O/c16-15(17,18)12-5-3-11(4-6-12)7-9-20-14(22)21-13-2-1-8-19-10-13/h1-6,8,10H,7,9H2,(H2,20,21,22). The van der Waals surface area contributed by atoms with E-state index in [-0.39, 0.29) is 6.03 Å². The normalized spacial score (nSPS) is 11.0. The zero-order valence-corrected chi connectivity index (χ0v) is 11.5. The highest BCUT2D eigenvalue weighted by molar-refractivity contribution is 5.88. The van der Waals surface area contributed by atoms with Crippen molar-refractivity contribution >= 4 is 11.7 Å². The predicted octanol–water partition coefficient (Wildman–Crippen LogP) is 3.46. The van der Waals surface area contributed by atoms with Gasteiger partial charge >= 0.3 is 12.2 Å². The van der Waals surface area contributed by atoms with Gasteiger partial charge in [0.1, 0.15) is 0 Å². The Bertz CT molecular complexity index is 612. The minimum Gasteiger partial charge on any atom is -0.338 e. The Hall–Kier alpha value is -2.57. The van der Waals surface area contributed by atoms with Crippen molar-refractivity contribution in [3.8, 4) is 0 Å². The zero-order valence-electron chi connectivity index (χ0n) is 11.5. The van der Waals surface area contributed by atoms with Gasteiger partial charge in [-0.15, -0.1) is 0 Å². The van der Waals surface area contributed by atoms with E-state index in [1.807, 2.05) is 0 Å². The molecule has 1 heterocycles. The van der Waals surface area contributed by atoms with Crippen LogP contribution < -0.4 is 10.6 Å². The predicted molar refractivity (Wildman–Crippen MR) is 76.4 cm³/mol. The number of anilines is 1. The molecule has 22 heavy (non-hydrogen) atoms. The molecule has 0 aliphatic rings. The van der Waals surface area contributed by atoms with E-state index in [1.165, 1.54) is 18.3 Å². The monoisotopic (exact) mass is 309 g/mol. The third-order valence-corrected chi connectivity index (χ3v) is 2.90. The van der Waals surface area contributed by atoms with Crippen LogP contribution in [0.25, 0.3) is 0 Å². The lowest BCUT2D eigenvalue weighted by Gasteiger charge is -2.09. The molecule has 0 radical (unpaired) electrons. The van der Waals surface area contributed by atoms with E-state index >= 15 is 0 Å². The third kappa shape index (κ3) is 4.76. The molecule has 1 aromatic carbocycles. The van der Waals surface area contributed by atoms with E-state index in [9.17, 15) is 18.0 Å². The number of hydrogen-bond acceptors (Lipinski definition) is 2. The topological polar surface area (TPSA) is 54.0 Å². The van der Waals surface area contributed by atoms with Crippen molar-refractivity contribution in [2.24, 2.45) is 0 Å². The second kappa shape index (κ2) is 6.93. The van der Waals surface area contributed by atoms with Crippen LogP contribution in [0, 0.1) is 0 Å². The number of halogens is 3. The second-order valence-corrected chi connectivity index (χ2v) is 4.57. The van der Waals surface area contributed by atoms with Crippen molar-refractivity contribution in [1.82, 2.24) is 10.3 Å². The molecule has 0 aliphatic carbocycles. The molecule has 4 nitrogen and oxygen atoms in total. The molecule has 0 atom stereocenters. The molecule has 0 fully saturated rings. The molecular formula is C15H14F3N3O. The number of hydrogen-bond donors (Lipinski definition) is 2. The first-order chi connectivity index (χ1) is 10.4. The highest BCUT2D eigenvalue weighted by atomic mass is 19.4. The van der Waals surface area contributed by atoms with E-state index in [2.05, 4.69) is 15.6 Å². The van der Waals surface area contributed by atoms with E-state index in [0.29, 0.717) is 18.7 Å². The Morgan fingerprint density at radius 3 is 2.45 bits per heavy atom. The molecule has 0 aliphatic heterocycles. The Morgan fingerprint density at radius 1 is 1.14 bits per heavy atom. The molecule has 0 saturated carbocycles. The molecule has 0 bridgehead atoms. The molecule has 116 valence electrons. The smallest absolute Gasteiger partial charge is 0.338 e. The quantitative estimate of drug-likeness (QED) is 0.908. The molecule has 0 unspecified atom stereocenters. The molecular weight excluding hydrogens is 295 g/mol. The van der Waals surface area contributed by atoms with Crippen LogP contribution in [0.4, 0.5) is 23.7 Å². The van der Waals surface area contributed by atoms with Crippen LogP contribution in [-0.2, 0) is 12.6 Å². The van der Waals surface area contributed by atoms with Crippen LogP contribution >= 0.6 is 0 Å². The van der Waals surface area contributed by atoms with Crippen molar-refractivity contribution < 1.29 is 18.0 Å². The van der Waals surface area contributed by atoms with Crippen molar-refractivity contribution in [1.29, 1.82) is 0 Å². The first kappa shape index (κ1) is 15.8. The summed E-state index contributed by atoms with van der Waals surface area (Å²) in [5.74, 6) is 0. The molecule has 2 N–H and O–H groups in total. The number of amides is 2. The summed E-state index contributed by atoms with van der Waals surface area (Å²) in [5, 5.41) is 5.22. The first-order valence-corrected chi connectivity index (χ1v) is 6.56. The molecule has 0 saturated heterocycles. The fourth-order valence-corrected chi connectivity index (χ4v) is 1.79. The Morgan fingerprint density at radius 2 is 1.86 bits per heavy atom. The van der Waals surface area contributed by atoms with Crippen LogP contribution in [0.3, 0.4) is 0 Å². The molecule has 2 rings (SSSR count). The lowest BCUT2D eigenvalue weighted by molar-refractivity contribution is -0.137. The van der Waals surface area contributed by atoms with Gasteiger partial charge in [0, 0.05) is 12.7 Å². The maximum absolute atomic E-state index is 12.4. The number of aromatic nitrogens is 1. The van der Waals surface area contributed by atoms with Crippen LogP contribution in [0.5, 0.6) is 0 Å². The Kier molecular flexibility index (Phi) is 4.98. The number of rotatable bonds is 4. The summed E-state index contributed by atoms with van der Waals surface area (Å²) in [5.41, 5.74) is 0.600. The number of nitrogens with zero attached hydrogens (tertiary/aromatic N) is 1. The van der Waals surface area contributed by atoms with Crippen LogP contribution in [-0.4, -0.2) is 17.6 Å². The average molecular weight is 309 g/mol. The number of pyridine rings is 1. The van der Waals surface area contributed by atoms with Gasteiger partial charge in [-0.25, -0.2) is 4.79 Å². The van der Waals surface area contributed by atoms with Gasteiger partial charge in [0.25, 0.3) is 0 Å². The number of carbonyl (C=O) groups is 1. The second-order valence-electron chi connectivity index (χ2n) is 4.57.